The lowest BCUT2D eigenvalue weighted by Crippen LogP contribution is -2.53. The van der Waals surface area contributed by atoms with Gasteiger partial charge in [-0.2, -0.15) is 0 Å². The van der Waals surface area contributed by atoms with Gasteiger partial charge in [0.1, 0.15) is 0 Å². The average Bonchev–Trinajstić information content (AvgIpc) is 2.05. The summed E-state index contributed by atoms with van der Waals surface area (Å²) >= 11 is 0. The maximum Gasteiger partial charge on any atom is 0.0124 e. The molecule has 0 N–H and O–H groups in total. The summed E-state index contributed by atoms with van der Waals surface area (Å²) in [5.41, 5.74) is 0.618. The Kier molecular flexibility index (Phi) is 4.31. The van der Waals surface area contributed by atoms with Gasteiger partial charge in [0.05, 0.1) is 0 Å². The lowest BCUT2D eigenvalue weighted by Gasteiger charge is -2.49. The molecule has 2 nitrogen and oxygen atoms in total. The molecule has 0 amide bonds. The van der Waals surface area contributed by atoms with Crippen molar-refractivity contribution in [2.24, 2.45) is 5.92 Å². The first-order valence-corrected chi connectivity index (χ1v) is 6.96. The van der Waals surface area contributed by atoms with Crippen LogP contribution in [0.3, 0.4) is 0 Å². The van der Waals surface area contributed by atoms with Crippen LogP contribution in [0.4, 0.5) is 0 Å². The summed E-state index contributed by atoms with van der Waals surface area (Å²) in [5.74, 6) is 0.897. The van der Waals surface area contributed by atoms with Gasteiger partial charge in [-0.15, -0.1) is 0 Å². The second kappa shape index (κ2) is 4.89. The van der Waals surface area contributed by atoms with Crippen molar-refractivity contribution in [1.82, 2.24) is 9.80 Å². The van der Waals surface area contributed by atoms with Crippen LogP contribution in [0.25, 0.3) is 0 Å². The predicted molar refractivity (Wildman–Crippen MR) is 76.4 cm³/mol. The summed E-state index contributed by atoms with van der Waals surface area (Å²) in [7, 11) is 4.52. The fraction of sp³-hybridized carbons (Fsp3) is 1.00. The molecule has 1 saturated carbocycles. The van der Waals surface area contributed by atoms with Gasteiger partial charge < -0.3 is 4.90 Å². The van der Waals surface area contributed by atoms with Gasteiger partial charge >= 0.3 is 0 Å². The fourth-order valence-electron chi connectivity index (χ4n) is 2.37. The number of hydrogen-bond donors (Lipinski definition) is 0. The molecule has 0 heterocycles. The molecule has 102 valence electrons. The van der Waals surface area contributed by atoms with Crippen molar-refractivity contribution < 1.29 is 0 Å². The van der Waals surface area contributed by atoms with Crippen molar-refractivity contribution in [1.29, 1.82) is 0 Å². The molecule has 17 heavy (non-hydrogen) atoms. The highest BCUT2D eigenvalue weighted by Gasteiger charge is 2.37. The Morgan fingerprint density at radius 1 is 0.882 bits per heavy atom. The van der Waals surface area contributed by atoms with Crippen LogP contribution in [0.1, 0.15) is 54.4 Å². The Labute approximate surface area is 108 Å². The molecule has 0 aromatic rings. The molecular weight excluding hydrogens is 208 g/mol. The summed E-state index contributed by atoms with van der Waals surface area (Å²) in [5, 5.41) is 0. The van der Waals surface area contributed by atoms with Crippen LogP contribution in [0.2, 0.25) is 0 Å². The first-order valence-electron chi connectivity index (χ1n) is 6.96. The van der Waals surface area contributed by atoms with Gasteiger partial charge in [0.2, 0.25) is 0 Å². The van der Waals surface area contributed by atoms with E-state index in [9.17, 15) is 0 Å². The van der Waals surface area contributed by atoms with E-state index in [-0.39, 0.29) is 0 Å². The number of nitrogens with zero attached hydrogens (tertiary/aromatic N) is 2. The topological polar surface area (TPSA) is 6.48 Å². The van der Waals surface area contributed by atoms with Crippen molar-refractivity contribution in [3.63, 3.8) is 0 Å². The zero-order chi connectivity index (χ0) is 13.4. The molecule has 0 atom stereocenters. The maximum atomic E-state index is 2.54. The Morgan fingerprint density at radius 3 is 1.71 bits per heavy atom. The van der Waals surface area contributed by atoms with Crippen molar-refractivity contribution in [3.8, 4) is 0 Å². The van der Waals surface area contributed by atoms with E-state index in [4.69, 9.17) is 0 Å². The molecule has 0 radical (unpaired) electrons. The van der Waals surface area contributed by atoms with Crippen LogP contribution in [0.5, 0.6) is 0 Å². The first-order chi connectivity index (χ1) is 7.51. The van der Waals surface area contributed by atoms with Crippen molar-refractivity contribution in [3.05, 3.63) is 0 Å². The highest BCUT2D eigenvalue weighted by molar-refractivity contribution is 4.92. The van der Waals surface area contributed by atoms with Crippen LogP contribution in [-0.2, 0) is 0 Å². The first kappa shape index (κ1) is 15.0. The highest BCUT2D eigenvalue weighted by Crippen LogP contribution is 2.35. The zero-order valence-electron chi connectivity index (χ0n) is 13.2. The van der Waals surface area contributed by atoms with Crippen LogP contribution in [0.15, 0.2) is 0 Å². The lowest BCUT2D eigenvalue weighted by atomic mass is 9.77. The third kappa shape index (κ3) is 3.96. The molecule has 0 unspecified atom stereocenters. The van der Waals surface area contributed by atoms with Gasteiger partial charge in [-0.05, 0) is 74.4 Å². The maximum absolute atomic E-state index is 2.54. The molecule has 0 bridgehead atoms. The third-order valence-electron chi connectivity index (χ3n) is 4.49. The summed E-state index contributed by atoms with van der Waals surface area (Å²) in [4.78, 5) is 5.03. The summed E-state index contributed by atoms with van der Waals surface area (Å²) in [6, 6.07) is 0.799. The summed E-state index contributed by atoms with van der Waals surface area (Å²) in [6.07, 6.45) is 2.74. The van der Waals surface area contributed by atoms with E-state index in [1.165, 1.54) is 19.4 Å². The zero-order valence-corrected chi connectivity index (χ0v) is 13.2. The Balaban J connectivity index is 2.33. The van der Waals surface area contributed by atoms with Crippen LogP contribution >= 0.6 is 0 Å². The van der Waals surface area contributed by atoms with Gasteiger partial charge in [-0.3, -0.25) is 4.90 Å². The van der Waals surface area contributed by atoms with Crippen LogP contribution in [-0.4, -0.2) is 47.6 Å². The van der Waals surface area contributed by atoms with Crippen LogP contribution in [0, 0.1) is 5.92 Å². The van der Waals surface area contributed by atoms with E-state index in [0.29, 0.717) is 11.1 Å². The van der Waals surface area contributed by atoms with E-state index in [2.05, 4.69) is 65.4 Å². The normalized spacial score (nSPS) is 26.5. The standard InChI is InChI=1S/C15H32N2/c1-14(2,3)16(7)11-12-9-13(10-12)17(8)15(4,5)6/h12-13H,9-11H2,1-8H3. The second-order valence-electron chi connectivity index (χ2n) is 7.82. The SMILES string of the molecule is CN(CC1CC(N(C)C(C)(C)C)C1)C(C)(C)C. The minimum atomic E-state index is 0.307. The van der Waals surface area contributed by atoms with E-state index in [1.54, 1.807) is 0 Å². The van der Waals surface area contributed by atoms with Crippen molar-refractivity contribution in [2.75, 3.05) is 20.6 Å². The largest absolute Gasteiger partial charge is 0.301 e. The molecule has 1 aliphatic carbocycles. The molecule has 0 aliphatic heterocycles. The molecule has 1 fully saturated rings. The molecule has 1 aliphatic rings. The third-order valence-corrected chi connectivity index (χ3v) is 4.49. The second-order valence-corrected chi connectivity index (χ2v) is 7.82. The fourth-order valence-corrected chi connectivity index (χ4v) is 2.37. The lowest BCUT2D eigenvalue weighted by molar-refractivity contribution is 0.0119. The highest BCUT2D eigenvalue weighted by atomic mass is 15.2. The van der Waals surface area contributed by atoms with Crippen LogP contribution < -0.4 is 0 Å². The Morgan fingerprint density at radius 2 is 1.35 bits per heavy atom. The molecule has 1 rings (SSSR count). The summed E-state index contributed by atoms with van der Waals surface area (Å²) < 4.78 is 0. The van der Waals surface area contributed by atoms with E-state index < -0.39 is 0 Å². The minimum absolute atomic E-state index is 0.307. The monoisotopic (exact) mass is 240 g/mol. The van der Waals surface area contributed by atoms with Gasteiger partial charge in [-0.25, -0.2) is 0 Å². The Bertz CT molecular complexity index is 241. The number of rotatable bonds is 3. The molecule has 0 aromatic carbocycles. The van der Waals surface area contributed by atoms with Gasteiger partial charge in [0.25, 0.3) is 0 Å². The quantitative estimate of drug-likeness (QED) is 0.747. The van der Waals surface area contributed by atoms with Gasteiger partial charge in [0.15, 0.2) is 0 Å². The Hall–Kier alpha value is -0.0800. The van der Waals surface area contributed by atoms with Crippen molar-refractivity contribution in [2.45, 2.75) is 71.5 Å². The van der Waals surface area contributed by atoms with E-state index in [0.717, 1.165) is 12.0 Å². The van der Waals surface area contributed by atoms with E-state index in [1.807, 2.05) is 0 Å². The van der Waals surface area contributed by atoms with E-state index >= 15 is 0 Å². The minimum Gasteiger partial charge on any atom is -0.301 e. The molecule has 0 saturated heterocycles. The smallest absolute Gasteiger partial charge is 0.0124 e. The summed E-state index contributed by atoms with van der Waals surface area (Å²) in [6.45, 7) is 15.1. The molecule has 2 heteroatoms. The van der Waals surface area contributed by atoms with Gasteiger partial charge in [0, 0.05) is 23.7 Å². The molecule has 0 spiro atoms. The van der Waals surface area contributed by atoms with Crippen molar-refractivity contribution >= 4 is 0 Å². The number of hydrogen-bond acceptors (Lipinski definition) is 2. The average molecular weight is 240 g/mol. The molecule has 0 aromatic heterocycles. The van der Waals surface area contributed by atoms with Gasteiger partial charge in [-0.1, -0.05) is 0 Å². The molecular formula is C15H32N2. The predicted octanol–water partition coefficient (Wildman–Crippen LogP) is 3.23.